The Morgan fingerprint density at radius 2 is 1.30 bits per heavy atom. The second kappa shape index (κ2) is 5.41. The zero-order chi connectivity index (χ0) is 15.8. The van der Waals surface area contributed by atoms with E-state index in [0.29, 0.717) is 0 Å². The molecule has 0 bridgehead atoms. The summed E-state index contributed by atoms with van der Waals surface area (Å²) in [5, 5.41) is 5.74. The summed E-state index contributed by atoms with van der Waals surface area (Å²) >= 11 is 4.88. The van der Waals surface area contributed by atoms with E-state index in [0.717, 1.165) is 11.4 Å². The first-order chi connectivity index (χ1) is 11.2. The van der Waals surface area contributed by atoms with Gasteiger partial charge in [0.05, 0.1) is 11.0 Å². The van der Waals surface area contributed by atoms with E-state index in [9.17, 15) is 0 Å². The van der Waals surface area contributed by atoms with Crippen LogP contribution in [-0.2, 0) is 0 Å². The summed E-state index contributed by atoms with van der Waals surface area (Å²) in [7, 11) is 0. The van der Waals surface area contributed by atoms with Gasteiger partial charge in [-0.15, -0.1) is 0 Å². The molecule has 1 aromatic heterocycles. The Bertz CT molecular complexity index is 963. The Labute approximate surface area is 139 Å². The van der Waals surface area contributed by atoms with Crippen molar-refractivity contribution in [3.63, 3.8) is 0 Å². The SMILES string of the molecule is NC(=S)Nc1ccc(-n2c3ccccc3c3ccccc32)cc1. The number of rotatable bonds is 2. The summed E-state index contributed by atoms with van der Waals surface area (Å²) in [5.74, 6) is 0. The monoisotopic (exact) mass is 317 g/mol. The van der Waals surface area contributed by atoms with E-state index in [4.69, 9.17) is 18.0 Å². The van der Waals surface area contributed by atoms with Gasteiger partial charge < -0.3 is 15.6 Å². The first-order valence-electron chi connectivity index (χ1n) is 7.39. The van der Waals surface area contributed by atoms with Crippen molar-refractivity contribution >= 4 is 44.8 Å². The number of nitrogens with two attached hydrogens (primary N) is 1. The van der Waals surface area contributed by atoms with Crippen molar-refractivity contribution in [2.45, 2.75) is 0 Å². The molecule has 4 heteroatoms. The van der Waals surface area contributed by atoms with Crippen LogP contribution in [0.4, 0.5) is 5.69 Å². The molecule has 0 aliphatic carbocycles. The summed E-state index contributed by atoms with van der Waals surface area (Å²) in [6.07, 6.45) is 0. The molecule has 3 aromatic carbocycles. The van der Waals surface area contributed by atoms with Crippen molar-refractivity contribution in [2.75, 3.05) is 5.32 Å². The number of anilines is 1. The maximum absolute atomic E-state index is 5.52. The number of para-hydroxylation sites is 2. The molecule has 3 nitrogen and oxygen atoms in total. The number of nitrogens with one attached hydrogen (secondary N) is 1. The van der Waals surface area contributed by atoms with E-state index >= 15 is 0 Å². The smallest absolute Gasteiger partial charge is 0.168 e. The van der Waals surface area contributed by atoms with E-state index in [-0.39, 0.29) is 5.11 Å². The zero-order valence-electron chi connectivity index (χ0n) is 12.4. The van der Waals surface area contributed by atoms with E-state index in [1.165, 1.54) is 21.8 Å². The number of aromatic nitrogens is 1. The van der Waals surface area contributed by atoms with E-state index in [2.05, 4.69) is 70.5 Å². The summed E-state index contributed by atoms with van der Waals surface area (Å²) in [6.45, 7) is 0. The van der Waals surface area contributed by atoms with Crippen molar-refractivity contribution < 1.29 is 0 Å². The number of fused-ring (bicyclic) bond motifs is 3. The molecule has 4 rings (SSSR count). The first kappa shape index (κ1) is 13.8. The predicted octanol–water partition coefficient (Wildman–Crippen LogP) is 4.44. The molecule has 0 saturated carbocycles. The Hall–Kier alpha value is -2.85. The second-order valence-electron chi connectivity index (χ2n) is 5.41. The Morgan fingerprint density at radius 3 is 1.83 bits per heavy atom. The molecular formula is C19H15N3S. The van der Waals surface area contributed by atoms with Crippen molar-refractivity contribution in [3.8, 4) is 5.69 Å². The summed E-state index contributed by atoms with van der Waals surface area (Å²) in [5.41, 5.74) is 9.91. The highest BCUT2D eigenvalue weighted by atomic mass is 32.1. The fourth-order valence-electron chi connectivity index (χ4n) is 3.04. The average molecular weight is 317 g/mol. The minimum absolute atomic E-state index is 0.273. The van der Waals surface area contributed by atoms with Gasteiger partial charge in [-0.3, -0.25) is 0 Å². The molecule has 0 fully saturated rings. The Balaban J connectivity index is 1.95. The summed E-state index contributed by atoms with van der Waals surface area (Å²) in [6, 6.07) is 25.0. The van der Waals surface area contributed by atoms with Gasteiger partial charge in [-0.05, 0) is 48.6 Å². The van der Waals surface area contributed by atoms with Gasteiger partial charge in [-0.2, -0.15) is 0 Å². The van der Waals surface area contributed by atoms with E-state index in [1.54, 1.807) is 0 Å². The lowest BCUT2D eigenvalue weighted by molar-refractivity contribution is 1.18. The Kier molecular flexibility index (Phi) is 3.24. The second-order valence-corrected chi connectivity index (χ2v) is 5.85. The minimum Gasteiger partial charge on any atom is -0.376 e. The van der Waals surface area contributed by atoms with Gasteiger partial charge in [0.25, 0.3) is 0 Å². The van der Waals surface area contributed by atoms with Crippen LogP contribution in [0.15, 0.2) is 72.8 Å². The number of thiocarbonyl (C=S) groups is 1. The standard InChI is InChI=1S/C19H15N3S/c20-19(23)21-13-9-11-14(12-10-13)22-17-7-3-1-5-15(17)16-6-2-4-8-18(16)22/h1-12H,(H3,20,21,23). The number of benzene rings is 3. The molecule has 3 N–H and O–H groups in total. The van der Waals surface area contributed by atoms with Gasteiger partial charge in [0.2, 0.25) is 0 Å². The van der Waals surface area contributed by atoms with E-state index in [1.807, 2.05) is 12.1 Å². The lowest BCUT2D eigenvalue weighted by Crippen LogP contribution is -2.18. The minimum atomic E-state index is 0.273. The third kappa shape index (κ3) is 2.33. The van der Waals surface area contributed by atoms with Crippen LogP contribution in [0.5, 0.6) is 0 Å². The molecule has 0 spiro atoms. The quantitative estimate of drug-likeness (QED) is 0.537. The fraction of sp³-hybridized carbons (Fsp3) is 0. The lowest BCUT2D eigenvalue weighted by atomic mass is 10.2. The summed E-state index contributed by atoms with van der Waals surface area (Å²) < 4.78 is 2.27. The molecule has 0 amide bonds. The third-order valence-corrected chi connectivity index (χ3v) is 4.08. The normalized spacial score (nSPS) is 11.0. The van der Waals surface area contributed by atoms with Crippen LogP contribution < -0.4 is 11.1 Å². The van der Waals surface area contributed by atoms with Crippen molar-refractivity contribution in [2.24, 2.45) is 5.73 Å². The number of hydrogen-bond donors (Lipinski definition) is 2. The molecule has 0 aliphatic rings. The molecular weight excluding hydrogens is 302 g/mol. The van der Waals surface area contributed by atoms with Gasteiger partial charge >= 0.3 is 0 Å². The van der Waals surface area contributed by atoms with Crippen molar-refractivity contribution in [1.82, 2.24) is 4.57 Å². The fourth-order valence-corrected chi connectivity index (χ4v) is 3.15. The van der Waals surface area contributed by atoms with Crippen LogP contribution in [0.2, 0.25) is 0 Å². The molecule has 4 aromatic rings. The average Bonchev–Trinajstić information content (AvgIpc) is 2.90. The van der Waals surface area contributed by atoms with Gasteiger partial charge in [-0.25, -0.2) is 0 Å². The maximum atomic E-state index is 5.52. The van der Waals surface area contributed by atoms with Crippen LogP contribution in [0.1, 0.15) is 0 Å². The number of nitrogens with zero attached hydrogens (tertiary/aromatic N) is 1. The highest BCUT2D eigenvalue weighted by molar-refractivity contribution is 7.80. The van der Waals surface area contributed by atoms with Crippen molar-refractivity contribution in [1.29, 1.82) is 0 Å². The molecule has 0 radical (unpaired) electrons. The van der Waals surface area contributed by atoms with Gasteiger partial charge in [0.1, 0.15) is 0 Å². The van der Waals surface area contributed by atoms with Crippen LogP contribution in [0, 0.1) is 0 Å². The zero-order valence-corrected chi connectivity index (χ0v) is 13.2. The highest BCUT2D eigenvalue weighted by Gasteiger charge is 2.10. The predicted molar refractivity (Wildman–Crippen MR) is 101 cm³/mol. The Morgan fingerprint density at radius 1 is 0.783 bits per heavy atom. The highest BCUT2D eigenvalue weighted by Crippen LogP contribution is 2.31. The van der Waals surface area contributed by atoms with Crippen LogP contribution in [0.3, 0.4) is 0 Å². The lowest BCUT2D eigenvalue weighted by Gasteiger charge is -2.09. The molecule has 1 heterocycles. The topological polar surface area (TPSA) is 43.0 Å². The molecule has 0 atom stereocenters. The molecule has 0 unspecified atom stereocenters. The first-order valence-corrected chi connectivity index (χ1v) is 7.80. The third-order valence-electron chi connectivity index (χ3n) is 3.97. The largest absolute Gasteiger partial charge is 0.376 e. The maximum Gasteiger partial charge on any atom is 0.168 e. The van der Waals surface area contributed by atoms with Gasteiger partial charge in [0, 0.05) is 22.1 Å². The molecule has 0 aliphatic heterocycles. The van der Waals surface area contributed by atoms with Gasteiger partial charge in [0.15, 0.2) is 5.11 Å². The molecule has 0 saturated heterocycles. The van der Waals surface area contributed by atoms with Gasteiger partial charge in [-0.1, -0.05) is 36.4 Å². The van der Waals surface area contributed by atoms with Crippen LogP contribution in [0.25, 0.3) is 27.5 Å². The van der Waals surface area contributed by atoms with Crippen molar-refractivity contribution in [3.05, 3.63) is 72.8 Å². The molecule has 112 valence electrons. The number of hydrogen-bond acceptors (Lipinski definition) is 1. The van der Waals surface area contributed by atoms with E-state index < -0.39 is 0 Å². The van der Waals surface area contributed by atoms with Crippen LogP contribution in [-0.4, -0.2) is 9.68 Å². The molecule has 23 heavy (non-hydrogen) atoms. The summed E-state index contributed by atoms with van der Waals surface area (Å²) in [4.78, 5) is 0. The van der Waals surface area contributed by atoms with Crippen LogP contribution >= 0.6 is 12.2 Å².